The Labute approximate surface area is 132 Å². The molecule has 0 fully saturated rings. The van der Waals surface area contributed by atoms with E-state index >= 15 is 0 Å². The van der Waals surface area contributed by atoms with Crippen LogP contribution in [-0.2, 0) is 6.42 Å². The van der Waals surface area contributed by atoms with Gasteiger partial charge in [-0.15, -0.1) is 0 Å². The van der Waals surface area contributed by atoms with Crippen molar-refractivity contribution in [3.63, 3.8) is 0 Å². The van der Waals surface area contributed by atoms with Gasteiger partial charge in [0, 0.05) is 17.7 Å². The zero-order valence-electron chi connectivity index (χ0n) is 12.0. The van der Waals surface area contributed by atoms with Gasteiger partial charge in [-0.3, -0.25) is 4.79 Å². The Morgan fingerprint density at radius 1 is 1.18 bits per heavy atom. The van der Waals surface area contributed by atoms with Gasteiger partial charge in [0.15, 0.2) is 0 Å². The van der Waals surface area contributed by atoms with Gasteiger partial charge in [0.25, 0.3) is 5.91 Å². The molecule has 1 amide bonds. The summed E-state index contributed by atoms with van der Waals surface area (Å²) in [6.07, 6.45) is 5.04. The number of aromatic nitrogens is 1. The maximum Gasteiger partial charge on any atom is 0.251 e. The summed E-state index contributed by atoms with van der Waals surface area (Å²) in [4.78, 5) is 12.1. The number of hydrogen-bond donors (Lipinski definition) is 1. The number of carbonyl (C=O) groups excluding carboxylic acids is 1. The molecule has 0 aliphatic carbocycles. The van der Waals surface area contributed by atoms with E-state index in [1.807, 2.05) is 29.6 Å². The van der Waals surface area contributed by atoms with Gasteiger partial charge in [-0.25, -0.2) is 0 Å². The number of amides is 1. The second-order valence-corrected chi connectivity index (χ2v) is 5.76. The van der Waals surface area contributed by atoms with Crippen LogP contribution < -0.4 is 5.32 Å². The van der Waals surface area contributed by atoms with Crippen molar-refractivity contribution in [1.82, 2.24) is 10.5 Å². The van der Waals surface area contributed by atoms with E-state index in [1.54, 1.807) is 23.8 Å². The SMILES string of the molecule is O=C(NCCCc1cnoc1)c1ccc(-c2ccsc2)cc1. The Balaban J connectivity index is 1.49. The molecule has 0 spiro atoms. The quantitative estimate of drug-likeness (QED) is 0.705. The standard InChI is InChI=1S/C17H16N2O2S/c20-17(18-8-1-2-13-10-19-21-11-13)15-5-3-14(4-6-15)16-7-9-22-12-16/h3-7,9-12H,1-2,8H2,(H,18,20). The lowest BCUT2D eigenvalue weighted by Crippen LogP contribution is -2.24. The molecule has 112 valence electrons. The van der Waals surface area contributed by atoms with Crippen LogP contribution in [0.5, 0.6) is 0 Å². The van der Waals surface area contributed by atoms with Crippen LogP contribution in [0.15, 0.2) is 58.1 Å². The van der Waals surface area contributed by atoms with Crippen LogP contribution in [-0.4, -0.2) is 17.6 Å². The number of nitrogens with zero attached hydrogens (tertiary/aromatic N) is 1. The Morgan fingerprint density at radius 2 is 2.05 bits per heavy atom. The number of thiophene rings is 1. The maximum absolute atomic E-state index is 12.1. The largest absolute Gasteiger partial charge is 0.364 e. The fourth-order valence-corrected chi connectivity index (χ4v) is 2.85. The average Bonchev–Trinajstić information content (AvgIpc) is 3.25. The van der Waals surface area contributed by atoms with E-state index in [4.69, 9.17) is 4.52 Å². The lowest BCUT2D eigenvalue weighted by atomic mass is 10.1. The molecule has 0 aliphatic rings. The van der Waals surface area contributed by atoms with Crippen LogP contribution in [0.3, 0.4) is 0 Å². The fourth-order valence-electron chi connectivity index (χ4n) is 2.19. The van der Waals surface area contributed by atoms with E-state index < -0.39 is 0 Å². The summed E-state index contributed by atoms with van der Waals surface area (Å²) in [6, 6.07) is 9.76. The van der Waals surface area contributed by atoms with Crippen LogP contribution in [0.2, 0.25) is 0 Å². The molecular weight excluding hydrogens is 296 g/mol. The molecule has 2 heterocycles. The highest BCUT2D eigenvalue weighted by molar-refractivity contribution is 7.08. The van der Waals surface area contributed by atoms with Crippen molar-refractivity contribution in [3.8, 4) is 11.1 Å². The van der Waals surface area contributed by atoms with Gasteiger partial charge in [0.1, 0.15) is 6.26 Å². The lowest BCUT2D eigenvalue weighted by Gasteiger charge is -2.05. The van der Waals surface area contributed by atoms with Crippen LogP contribution in [0.4, 0.5) is 0 Å². The third-order valence-corrected chi connectivity index (χ3v) is 4.10. The van der Waals surface area contributed by atoms with E-state index in [-0.39, 0.29) is 5.91 Å². The third-order valence-electron chi connectivity index (χ3n) is 3.41. The third kappa shape index (κ3) is 3.62. The first-order valence-electron chi connectivity index (χ1n) is 7.12. The number of rotatable bonds is 6. The summed E-state index contributed by atoms with van der Waals surface area (Å²) in [5.74, 6) is -0.0396. The van der Waals surface area contributed by atoms with Crippen molar-refractivity contribution >= 4 is 17.2 Å². The minimum atomic E-state index is -0.0396. The Bertz CT molecular complexity index is 704. The Morgan fingerprint density at radius 3 is 2.73 bits per heavy atom. The summed E-state index contributed by atoms with van der Waals surface area (Å²) >= 11 is 1.67. The zero-order valence-corrected chi connectivity index (χ0v) is 12.8. The van der Waals surface area contributed by atoms with Gasteiger partial charge < -0.3 is 9.84 Å². The van der Waals surface area contributed by atoms with Crippen LogP contribution in [0, 0.1) is 0 Å². The molecule has 22 heavy (non-hydrogen) atoms. The van der Waals surface area contributed by atoms with Crippen molar-refractivity contribution in [1.29, 1.82) is 0 Å². The molecule has 4 nitrogen and oxygen atoms in total. The van der Waals surface area contributed by atoms with Crippen molar-refractivity contribution in [2.75, 3.05) is 6.54 Å². The molecule has 0 aliphatic heterocycles. The molecule has 0 atom stereocenters. The maximum atomic E-state index is 12.1. The topological polar surface area (TPSA) is 55.1 Å². The lowest BCUT2D eigenvalue weighted by molar-refractivity contribution is 0.0953. The predicted octanol–water partition coefficient (Wildman–Crippen LogP) is 3.77. The number of benzene rings is 1. The minimum Gasteiger partial charge on any atom is -0.364 e. The molecule has 3 aromatic rings. The number of aryl methyl sites for hydroxylation is 1. The molecule has 1 N–H and O–H groups in total. The Hall–Kier alpha value is -2.40. The van der Waals surface area contributed by atoms with Crippen LogP contribution in [0.25, 0.3) is 11.1 Å². The van der Waals surface area contributed by atoms with E-state index in [2.05, 4.69) is 21.9 Å². The molecule has 1 aromatic carbocycles. The van der Waals surface area contributed by atoms with E-state index in [0.717, 1.165) is 24.0 Å². The normalized spacial score (nSPS) is 10.5. The molecule has 3 rings (SSSR count). The molecule has 5 heteroatoms. The number of hydrogen-bond acceptors (Lipinski definition) is 4. The molecule has 0 bridgehead atoms. The number of nitrogens with one attached hydrogen (secondary N) is 1. The second-order valence-electron chi connectivity index (χ2n) is 4.98. The van der Waals surface area contributed by atoms with Crippen molar-refractivity contribution in [2.24, 2.45) is 0 Å². The van der Waals surface area contributed by atoms with Gasteiger partial charge in [-0.1, -0.05) is 17.3 Å². The Kier molecular flexibility index (Phi) is 4.65. The fraction of sp³-hybridized carbons (Fsp3) is 0.176. The van der Waals surface area contributed by atoms with Gasteiger partial charge in [0.2, 0.25) is 0 Å². The predicted molar refractivity (Wildman–Crippen MR) is 86.9 cm³/mol. The van der Waals surface area contributed by atoms with E-state index in [0.29, 0.717) is 12.1 Å². The highest BCUT2D eigenvalue weighted by atomic mass is 32.1. The molecule has 2 aromatic heterocycles. The van der Waals surface area contributed by atoms with Crippen molar-refractivity contribution < 1.29 is 9.32 Å². The smallest absolute Gasteiger partial charge is 0.251 e. The molecule has 0 saturated heterocycles. The second kappa shape index (κ2) is 7.04. The van der Waals surface area contributed by atoms with E-state index in [9.17, 15) is 4.79 Å². The molecule has 0 saturated carbocycles. The number of carbonyl (C=O) groups is 1. The first-order chi connectivity index (χ1) is 10.8. The van der Waals surface area contributed by atoms with Gasteiger partial charge in [-0.2, -0.15) is 11.3 Å². The summed E-state index contributed by atoms with van der Waals surface area (Å²) in [5, 5.41) is 10.7. The van der Waals surface area contributed by atoms with E-state index in [1.165, 1.54) is 5.56 Å². The first-order valence-corrected chi connectivity index (χ1v) is 8.06. The molecule has 0 unspecified atom stereocenters. The highest BCUT2D eigenvalue weighted by Crippen LogP contribution is 2.22. The van der Waals surface area contributed by atoms with Gasteiger partial charge >= 0.3 is 0 Å². The zero-order chi connectivity index (χ0) is 15.2. The molecule has 0 radical (unpaired) electrons. The summed E-state index contributed by atoms with van der Waals surface area (Å²) in [5.41, 5.74) is 4.05. The summed E-state index contributed by atoms with van der Waals surface area (Å²) in [6.45, 7) is 0.635. The van der Waals surface area contributed by atoms with Crippen molar-refractivity contribution in [3.05, 3.63) is 64.7 Å². The highest BCUT2D eigenvalue weighted by Gasteiger charge is 2.06. The summed E-state index contributed by atoms with van der Waals surface area (Å²) in [7, 11) is 0. The van der Waals surface area contributed by atoms with Crippen LogP contribution >= 0.6 is 11.3 Å². The van der Waals surface area contributed by atoms with Crippen LogP contribution in [0.1, 0.15) is 22.3 Å². The molecular formula is C17H16N2O2S. The monoisotopic (exact) mass is 312 g/mol. The van der Waals surface area contributed by atoms with Gasteiger partial charge in [-0.05, 0) is 52.9 Å². The van der Waals surface area contributed by atoms with Gasteiger partial charge in [0.05, 0.1) is 6.20 Å². The minimum absolute atomic E-state index is 0.0396. The first kappa shape index (κ1) is 14.5. The van der Waals surface area contributed by atoms with Crippen molar-refractivity contribution in [2.45, 2.75) is 12.8 Å². The summed E-state index contributed by atoms with van der Waals surface area (Å²) < 4.78 is 4.77. The average molecular weight is 312 g/mol.